The van der Waals surface area contributed by atoms with Crippen molar-refractivity contribution in [3.63, 3.8) is 0 Å². The maximum atomic E-state index is 11.6. The highest BCUT2D eigenvalue weighted by Gasteiger charge is 2.18. The topological polar surface area (TPSA) is 58.6 Å². The van der Waals surface area contributed by atoms with Crippen LogP contribution in [0.15, 0.2) is 24.3 Å². The Morgan fingerprint density at radius 2 is 2.00 bits per heavy atom. The minimum absolute atomic E-state index is 0.0132. The molecular formula is C15H23NO3. The van der Waals surface area contributed by atoms with E-state index in [1.165, 1.54) is 0 Å². The first-order valence-corrected chi connectivity index (χ1v) is 6.46. The van der Waals surface area contributed by atoms with Crippen LogP contribution in [-0.2, 0) is 4.74 Å². The fourth-order valence-corrected chi connectivity index (χ4v) is 1.84. The first kappa shape index (κ1) is 15.5. The van der Waals surface area contributed by atoms with Gasteiger partial charge in [-0.25, -0.2) is 4.79 Å². The zero-order valence-corrected chi connectivity index (χ0v) is 12.1. The summed E-state index contributed by atoms with van der Waals surface area (Å²) in [7, 11) is 0. The standard InChI is InChI=1S/C15H23NO3/c1-11-7-5-6-8-13(11)12(10-17)9-16-14(18)19-15(2,3)4/h5-8,12,17H,9-10H2,1-4H3,(H,16,18). The van der Waals surface area contributed by atoms with Crippen LogP contribution < -0.4 is 5.32 Å². The van der Waals surface area contributed by atoms with Crippen molar-refractivity contribution in [1.29, 1.82) is 0 Å². The number of alkyl carbamates (subject to hydrolysis) is 1. The summed E-state index contributed by atoms with van der Waals surface area (Å²) in [5.74, 6) is -0.117. The Balaban J connectivity index is 2.59. The summed E-state index contributed by atoms with van der Waals surface area (Å²) in [5, 5.41) is 12.2. The molecule has 0 aliphatic heterocycles. The second-order valence-corrected chi connectivity index (χ2v) is 5.62. The monoisotopic (exact) mass is 265 g/mol. The molecule has 0 saturated heterocycles. The van der Waals surface area contributed by atoms with Crippen LogP contribution in [0.4, 0.5) is 4.79 Å². The van der Waals surface area contributed by atoms with E-state index in [9.17, 15) is 9.90 Å². The number of hydrogen-bond donors (Lipinski definition) is 2. The normalized spacial score (nSPS) is 12.9. The van der Waals surface area contributed by atoms with Crippen LogP contribution in [0, 0.1) is 6.92 Å². The van der Waals surface area contributed by atoms with Gasteiger partial charge in [-0.05, 0) is 38.8 Å². The molecule has 1 atom stereocenters. The lowest BCUT2D eigenvalue weighted by atomic mass is 9.95. The lowest BCUT2D eigenvalue weighted by molar-refractivity contribution is 0.0521. The van der Waals surface area contributed by atoms with E-state index in [1.807, 2.05) is 52.0 Å². The Bertz CT molecular complexity index is 424. The first-order chi connectivity index (χ1) is 8.83. The van der Waals surface area contributed by atoms with Gasteiger partial charge in [0.05, 0.1) is 6.61 Å². The molecule has 0 aromatic heterocycles. The SMILES string of the molecule is Cc1ccccc1C(CO)CNC(=O)OC(C)(C)C. The largest absolute Gasteiger partial charge is 0.444 e. The average Bonchev–Trinajstić information content (AvgIpc) is 2.29. The van der Waals surface area contributed by atoms with Crippen molar-refractivity contribution in [3.8, 4) is 0 Å². The molecule has 4 nitrogen and oxygen atoms in total. The van der Waals surface area contributed by atoms with Gasteiger partial charge in [-0.3, -0.25) is 0 Å². The third kappa shape index (κ3) is 5.30. The maximum Gasteiger partial charge on any atom is 0.407 e. The van der Waals surface area contributed by atoms with Gasteiger partial charge in [0.1, 0.15) is 5.60 Å². The lowest BCUT2D eigenvalue weighted by Gasteiger charge is -2.22. The molecule has 0 saturated carbocycles. The van der Waals surface area contributed by atoms with Crippen LogP contribution in [0.25, 0.3) is 0 Å². The van der Waals surface area contributed by atoms with E-state index in [2.05, 4.69) is 5.32 Å². The van der Waals surface area contributed by atoms with Gasteiger partial charge >= 0.3 is 6.09 Å². The Labute approximate surface area is 114 Å². The van der Waals surface area contributed by atoms with Crippen LogP contribution in [0.5, 0.6) is 0 Å². The predicted octanol–water partition coefficient (Wildman–Crippen LogP) is 2.60. The van der Waals surface area contributed by atoms with Crippen molar-refractivity contribution >= 4 is 6.09 Å². The number of ether oxygens (including phenoxy) is 1. The quantitative estimate of drug-likeness (QED) is 0.879. The van der Waals surface area contributed by atoms with Crippen molar-refractivity contribution in [2.75, 3.05) is 13.2 Å². The molecule has 1 unspecified atom stereocenters. The Hall–Kier alpha value is -1.55. The zero-order valence-electron chi connectivity index (χ0n) is 12.1. The highest BCUT2D eigenvalue weighted by molar-refractivity contribution is 5.67. The number of aliphatic hydroxyl groups excluding tert-OH is 1. The molecule has 0 heterocycles. The summed E-state index contributed by atoms with van der Waals surface area (Å²) < 4.78 is 5.17. The summed E-state index contributed by atoms with van der Waals surface area (Å²) in [6, 6.07) is 7.84. The van der Waals surface area contributed by atoms with Crippen LogP contribution in [-0.4, -0.2) is 30.0 Å². The first-order valence-electron chi connectivity index (χ1n) is 6.46. The van der Waals surface area contributed by atoms with Crippen molar-refractivity contribution in [2.45, 2.75) is 39.2 Å². The van der Waals surface area contributed by atoms with Gasteiger partial charge in [0, 0.05) is 12.5 Å². The van der Waals surface area contributed by atoms with Gasteiger partial charge in [0.2, 0.25) is 0 Å². The number of amides is 1. The molecule has 1 rings (SSSR count). The second kappa shape index (κ2) is 6.57. The molecule has 4 heteroatoms. The third-order valence-corrected chi connectivity index (χ3v) is 2.74. The number of benzene rings is 1. The lowest BCUT2D eigenvalue weighted by Crippen LogP contribution is -2.35. The number of aryl methyl sites for hydroxylation is 1. The van der Waals surface area contributed by atoms with Crippen molar-refractivity contribution in [3.05, 3.63) is 35.4 Å². The molecule has 0 radical (unpaired) electrons. The van der Waals surface area contributed by atoms with E-state index < -0.39 is 11.7 Å². The molecule has 0 bridgehead atoms. The summed E-state index contributed by atoms with van der Waals surface area (Å²) in [5.41, 5.74) is 1.63. The number of hydrogen-bond acceptors (Lipinski definition) is 3. The van der Waals surface area contributed by atoms with Gasteiger partial charge in [-0.15, -0.1) is 0 Å². The molecule has 19 heavy (non-hydrogen) atoms. The molecule has 1 aromatic rings. The van der Waals surface area contributed by atoms with E-state index in [4.69, 9.17) is 4.74 Å². The maximum absolute atomic E-state index is 11.6. The molecule has 0 fully saturated rings. The zero-order chi connectivity index (χ0) is 14.5. The summed E-state index contributed by atoms with van der Waals surface area (Å²) >= 11 is 0. The summed E-state index contributed by atoms with van der Waals surface area (Å²) in [6.07, 6.45) is -0.459. The fourth-order valence-electron chi connectivity index (χ4n) is 1.84. The van der Waals surface area contributed by atoms with E-state index in [-0.39, 0.29) is 12.5 Å². The van der Waals surface area contributed by atoms with Crippen molar-refractivity contribution in [1.82, 2.24) is 5.32 Å². The smallest absolute Gasteiger partial charge is 0.407 e. The molecule has 0 spiro atoms. The third-order valence-electron chi connectivity index (χ3n) is 2.74. The van der Waals surface area contributed by atoms with Gasteiger partial charge in [-0.2, -0.15) is 0 Å². The van der Waals surface area contributed by atoms with Crippen LogP contribution in [0.1, 0.15) is 37.8 Å². The van der Waals surface area contributed by atoms with E-state index in [0.717, 1.165) is 11.1 Å². The predicted molar refractivity (Wildman–Crippen MR) is 75.2 cm³/mol. The Morgan fingerprint density at radius 1 is 1.37 bits per heavy atom. The van der Waals surface area contributed by atoms with Gasteiger partial charge in [-0.1, -0.05) is 24.3 Å². The minimum atomic E-state index is -0.512. The van der Waals surface area contributed by atoms with E-state index in [1.54, 1.807) is 0 Å². The number of carbonyl (C=O) groups is 1. The van der Waals surface area contributed by atoms with Crippen molar-refractivity contribution < 1.29 is 14.6 Å². The molecule has 1 amide bonds. The summed E-state index contributed by atoms with van der Waals surface area (Å²) in [4.78, 5) is 11.6. The number of carbonyl (C=O) groups excluding carboxylic acids is 1. The number of aliphatic hydroxyl groups is 1. The van der Waals surface area contributed by atoms with Gasteiger partial charge in [0.15, 0.2) is 0 Å². The molecule has 0 aliphatic rings. The van der Waals surface area contributed by atoms with E-state index >= 15 is 0 Å². The Morgan fingerprint density at radius 3 is 2.53 bits per heavy atom. The molecular weight excluding hydrogens is 242 g/mol. The highest BCUT2D eigenvalue weighted by Crippen LogP contribution is 2.18. The van der Waals surface area contributed by atoms with Gasteiger partial charge < -0.3 is 15.2 Å². The van der Waals surface area contributed by atoms with Crippen molar-refractivity contribution in [2.24, 2.45) is 0 Å². The molecule has 106 valence electrons. The molecule has 0 aliphatic carbocycles. The van der Waals surface area contributed by atoms with Gasteiger partial charge in [0.25, 0.3) is 0 Å². The van der Waals surface area contributed by atoms with Crippen LogP contribution in [0.3, 0.4) is 0 Å². The Kier molecular flexibility index (Phi) is 5.36. The van der Waals surface area contributed by atoms with Crippen LogP contribution in [0.2, 0.25) is 0 Å². The summed E-state index contributed by atoms with van der Waals surface area (Å²) in [6.45, 7) is 7.79. The molecule has 2 N–H and O–H groups in total. The van der Waals surface area contributed by atoms with Crippen LogP contribution >= 0.6 is 0 Å². The number of rotatable bonds is 4. The molecule has 1 aromatic carbocycles. The minimum Gasteiger partial charge on any atom is -0.444 e. The second-order valence-electron chi connectivity index (χ2n) is 5.62. The average molecular weight is 265 g/mol. The number of nitrogens with one attached hydrogen (secondary N) is 1. The highest BCUT2D eigenvalue weighted by atomic mass is 16.6. The fraction of sp³-hybridized carbons (Fsp3) is 0.533. The van der Waals surface area contributed by atoms with E-state index in [0.29, 0.717) is 6.54 Å².